The van der Waals surface area contributed by atoms with E-state index in [1.807, 2.05) is 31.5 Å². The van der Waals surface area contributed by atoms with Crippen molar-refractivity contribution in [2.75, 3.05) is 13.3 Å². The van der Waals surface area contributed by atoms with E-state index in [1.54, 1.807) is 0 Å². The van der Waals surface area contributed by atoms with Crippen molar-refractivity contribution in [3.8, 4) is 0 Å². The Bertz CT molecular complexity index is 368. The van der Waals surface area contributed by atoms with E-state index in [9.17, 15) is 4.57 Å². The van der Waals surface area contributed by atoms with Crippen molar-refractivity contribution in [1.29, 1.82) is 0 Å². The molecule has 0 fully saturated rings. The Hall–Kier alpha value is -0.590. The molecule has 84 valence electrons. The lowest BCUT2D eigenvalue weighted by Gasteiger charge is -2.11. The van der Waals surface area contributed by atoms with Gasteiger partial charge in [-0.2, -0.15) is 0 Å². The SMILES string of the molecule is CC(C)NCc1cccc(P(C)(C)=O)c1. The summed E-state index contributed by atoms with van der Waals surface area (Å²) in [6, 6.07) is 8.50. The zero-order valence-electron chi connectivity index (χ0n) is 9.95. The number of hydrogen-bond donors (Lipinski definition) is 1. The van der Waals surface area contributed by atoms with E-state index in [-0.39, 0.29) is 0 Å². The van der Waals surface area contributed by atoms with E-state index < -0.39 is 7.14 Å². The monoisotopic (exact) mass is 225 g/mol. The summed E-state index contributed by atoms with van der Waals surface area (Å²) in [5.74, 6) is 0. The van der Waals surface area contributed by atoms with Crippen LogP contribution in [0.5, 0.6) is 0 Å². The van der Waals surface area contributed by atoms with Crippen LogP contribution in [0.15, 0.2) is 24.3 Å². The van der Waals surface area contributed by atoms with Gasteiger partial charge in [-0.05, 0) is 25.0 Å². The Labute approximate surface area is 92.5 Å². The molecular weight excluding hydrogens is 205 g/mol. The number of hydrogen-bond acceptors (Lipinski definition) is 2. The van der Waals surface area contributed by atoms with Crippen molar-refractivity contribution in [1.82, 2.24) is 5.32 Å². The Morgan fingerprint density at radius 1 is 1.33 bits per heavy atom. The molecule has 0 spiro atoms. The summed E-state index contributed by atoms with van der Waals surface area (Å²) in [6.45, 7) is 8.69. The smallest absolute Gasteiger partial charge is 0.109 e. The second kappa shape index (κ2) is 4.96. The van der Waals surface area contributed by atoms with Crippen LogP contribution in [0.3, 0.4) is 0 Å². The first kappa shape index (κ1) is 12.5. The third kappa shape index (κ3) is 4.19. The molecule has 0 unspecified atom stereocenters. The summed E-state index contributed by atoms with van der Waals surface area (Å²) in [5, 5.41) is 4.31. The fourth-order valence-corrected chi connectivity index (χ4v) is 2.25. The quantitative estimate of drug-likeness (QED) is 0.797. The molecule has 1 aromatic carbocycles. The molecule has 0 heterocycles. The minimum absolute atomic E-state index is 0.476. The van der Waals surface area contributed by atoms with Crippen LogP contribution < -0.4 is 10.6 Å². The van der Waals surface area contributed by atoms with E-state index in [0.717, 1.165) is 11.8 Å². The van der Waals surface area contributed by atoms with Gasteiger partial charge in [0.1, 0.15) is 7.14 Å². The average Bonchev–Trinajstić information content (AvgIpc) is 2.14. The lowest BCUT2D eigenvalue weighted by Crippen LogP contribution is -2.22. The molecule has 0 bridgehead atoms. The molecule has 0 saturated heterocycles. The van der Waals surface area contributed by atoms with Crippen molar-refractivity contribution in [2.45, 2.75) is 26.4 Å². The average molecular weight is 225 g/mol. The molecular formula is C12H20NOP. The summed E-state index contributed by atoms with van der Waals surface area (Å²) in [5.41, 5.74) is 1.20. The van der Waals surface area contributed by atoms with Gasteiger partial charge < -0.3 is 9.88 Å². The molecule has 0 radical (unpaired) electrons. The van der Waals surface area contributed by atoms with E-state index in [1.165, 1.54) is 5.56 Å². The first-order valence-electron chi connectivity index (χ1n) is 5.27. The van der Waals surface area contributed by atoms with Crippen molar-refractivity contribution < 1.29 is 4.57 Å². The normalized spacial score (nSPS) is 12.1. The molecule has 2 nitrogen and oxygen atoms in total. The minimum atomic E-state index is -2.12. The molecule has 3 heteroatoms. The summed E-state index contributed by atoms with van der Waals surface area (Å²) < 4.78 is 11.9. The molecule has 0 aliphatic carbocycles. The van der Waals surface area contributed by atoms with Crippen LogP contribution >= 0.6 is 7.14 Å². The fraction of sp³-hybridized carbons (Fsp3) is 0.500. The Morgan fingerprint density at radius 3 is 2.53 bits per heavy atom. The third-order valence-electron chi connectivity index (χ3n) is 2.25. The van der Waals surface area contributed by atoms with Crippen molar-refractivity contribution in [3.63, 3.8) is 0 Å². The summed E-state index contributed by atoms with van der Waals surface area (Å²) in [7, 11) is -2.12. The lowest BCUT2D eigenvalue weighted by atomic mass is 10.2. The molecule has 1 rings (SSSR count). The highest BCUT2D eigenvalue weighted by molar-refractivity contribution is 7.70. The second-order valence-corrected chi connectivity index (χ2v) is 7.77. The van der Waals surface area contributed by atoms with Crippen LogP contribution in [0, 0.1) is 0 Å². The van der Waals surface area contributed by atoms with Crippen molar-refractivity contribution in [2.24, 2.45) is 0 Å². The van der Waals surface area contributed by atoms with Crippen molar-refractivity contribution in [3.05, 3.63) is 29.8 Å². The van der Waals surface area contributed by atoms with Crippen LogP contribution in [0.4, 0.5) is 0 Å². The Morgan fingerprint density at radius 2 is 2.00 bits per heavy atom. The minimum Gasteiger partial charge on any atom is -0.319 e. The molecule has 1 aromatic rings. The molecule has 0 saturated carbocycles. The maximum Gasteiger partial charge on any atom is 0.109 e. The summed E-state index contributed by atoms with van der Waals surface area (Å²) >= 11 is 0. The van der Waals surface area contributed by atoms with Gasteiger partial charge in [-0.3, -0.25) is 0 Å². The first-order valence-corrected chi connectivity index (χ1v) is 7.87. The Kier molecular flexibility index (Phi) is 4.12. The van der Waals surface area contributed by atoms with E-state index in [2.05, 4.69) is 25.2 Å². The maximum absolute atomic E-state index is 11.9. The van der Waals surface area contributed by atoms with Crippen LogP contribution in [-0.4, -0.2) is 19.4 Å². The highest BCUT2D eigenvalue weighted by Gasteiger charge is 2.10. The van der Waals surface area contributed by atoms with Crippen LogP contribution in [-0.2, 0) is 11.1 Å². The molecule has 0 aliphatic rings. The summed E-state index contributed by atoms with van der Waals surface area (Å²) in [4.78, 5) is 0. The molecule has 15 heavy (non-hydrogen) atoms. The van der Waals surface area contributed by atoms with E-state index in [0.29, 0.717) is 6.04 Å². The highest BCUT2D eigenvalue weighted by Crippen LogP contribution is 2.34. The molecule has 0 amide bonds. The van der Waals surface area contributed by atoms with Gasteiger partial charge in [0, 0.05) is 17.9 Å². The van der Waals surface area contributed by atoms with Crippen LogP contribution in [0.2, 0.25) is 0 Å². The molecule has 0 aliphatic heterocycles. The van der Waals surface area contributed by atoms with Gasteiger partial charge in [0.2, 0.25) is 0 Å². The van der Waals surface area contributed by atoms with E-state index >= 15 is 0 Å². The van der Waals surface area contributed by atoms with Crippen LogP contribution in [0.1, 0.15) is 19.4 Å². The van der Waals surface area contributed by atoms with Gasteiger partial charge in [0.25, 0.3) is 0 Å². The van der Waals surface area contributed by atoms with Gasteiger partial charge in [-0.15, -0.1) is 0 Å². The van der Waals surface area contributed by atoms with Gasteiger partial charge in [0.05, 0.1) is 0 Å². The first-order chi connectivity index (χ1) is 6.89. The molecule has 0 atom stereocenters. The highest BCUT2D eigenvalue weighted by atomic mass is 31.2. The predicted molar refractivity (Wildman–Crippen MR) is 67.5 cm³/mol. The molecule has 0 aromatic heterocycles. The summed E-state index contributed by atoms with van der Waals surface area (Å²) in [6.07, 6.45) is 0. The Balaban J connectivity index is 2.79. The zero-order chi connectivity index (χ0) is 11.5. The zero-order valence-corrected chi connectivity index (χ0v) is 10.8. The number of nitrogens with one attached hydrogen (secondary N) is 1. The fourth-order valence-electron chi connectivity index (χ4n) is 1.32. The van der Waals surface area contributed by atoms with Gasteiger partial charge in [-0.25, -0.2) is 0 Å². The van der Waals surface area contributed by atoms with Gasteiger partial charge >= 0.3 is 0 Å². The largest absolute Gasteiger partial charge is 0.319 e. The van der Waals surface area contributed by atoms with Crippen molar-refractivity contribution >= 4 is 12.4 Å². The lowest BCUT2D eigenvalue weighted by molar-refractivity contribution is 0.587. The molecule has 1 N–H and O–H groups in total. The second-order valence-electron chi connectivity index (χ2n) is 4.56. The predicted octanol–water partition coefficient (Wildman–Crippen LogP) is 2.43. The van der Waals surface area contributed by atoms with Gasteiger partial charge in [0.15, 0.2) is 0 Å². The standard InChI is InChI=1S/C12H20NOP/c1-10(2)13-9-11-6-5-7-12(8-11)15(3,4)14/h5-8,10,13H,9H2,1-4H3. The van der Waals surface area contributed by atoms with Crippen LogP contribution in [0.25, 0.3) is 0 Å². The van der Waals surface area contributed by atoms with Gasteiger partial charge in [-0.1, -0.05) is 32.0 Å². The number of rotatable bonds is 4. The topological polar surface area (TPSA) is 29.1 Å². The third-order valence-corrected chi connectivity index (χ3v) is 3.77. The number of benzene rings is 1. The maximum atomic E-state index is 11.9. The van der Waals surface area contributed by atoms with E-state index in [4.69, 9.17) is 0 Å².